The zero-order valence-corrected chi connectivity index (χ0v) is 12.2. The van der Waals surface area contributed by atoms with Crippen molar-refractivity contribution in [2.75, 3.05) is 6.54 Å². The molecule has 1 fully saturated rings. The van der Waals surface area contributed by atoms with Crippen molar-refractivity contribution in [1.82, 2.24) is 10.6 Å². The lowest BCUT2D eigenvalue weighted by atomic mass is 9.90. The first-order valence-corrected chi connectivity index (χ1v) is 7.39. The Morgan fingerprint density at radius 1 is 1.55 bits per heavy atom. The summed E-state index contributed by atoms with van der Waals surface area (Å²) in [5.41, 5.74) is 0.793. The van der Waals surface area contributed by atoms with Crippen molar-refractivity contribution < 1.29 is 9.18 Å². The van der Waals surface area contributed by atoms with E-state index in [1.54, 1.807) is 6.07 Å². The second-order valence-corrected chi connectivity index (χ2v) is 5.59. The van der Waals surface area contributed by atoms with Gasteiger partial charge in [0.15, 0.2) is 0 Å². The molecule has 0 saturated carbocycles. The third kappa shape index (κ3) is 3.79. The molecular formula is C16H23FN2O. The molecule has 1 amide bonds. The number of halogens is 1. The predicted octanol–water partition coefficient (Wildman–Crippen LogP) is 2.78. The molecule has 110 valence electrons. The van der Waals surface area contributed by atoms with E-state index in [0.717, 1.165) is 31.4 Å². The minimum absolute atomic E-state index is 0.0138. The molecule has 0 bridgehead atoms. The van der Waals surface area contributed by atoms with Gasteiger partial charge in [0.05, 0.1) is 12.1 Å². The number of amides is 1. The van der Waals surface area contributed by atoms with Crippen molar-refractivity contribution in [2.45, 2.75) is 45.2 Å². The fourth-order valence-electron chi connectivity index (χ4n) is 2.74. The van der Waals surface area contributed by atoms with Gasteiger partial charge in [-0.2, -0.15) is 0 Å². The van der Waals surface area contributed by atoms with E-state index < -0.39 is 0 Å². The Morgan fingerprint density at radius 3 is 3.05 bits per heavy atom. The van der Waals surface area contributed by atoms with Crippen LogP contribution in [0.15, 0.2) is 24.3 Å². The second-order valence-electron chi connectivity index (χ2n) is 5.59. The Bertz CT molecular complexity index is 464. The smallest absolute Gasteiger partial charge is 0.237 e. The van der Waals surface area contributed by atoms with Crippen LogP contribution in [0.25, 0.3) is 0 Å². The quantitative estimate of drug-likeness (QED) is 0.889. The first-order chi connectivity index (χ1) is 9.60. The monoisotopic (exact) mass is 278 g/mol. The van der Waals surface area contributed by atoms with Crippen LogP contribution in [0.1, 0.15) is 44.7 Å². The van der Waals surface area contributed by atoms with E-state index in [4.69, 9.17) is 0 Å². The first-order valence-electron chi connectivity index (χ1n) is 7.39. The summed E-state index contributed by atoms with van der Waals surface area (Å²) in [5, 5.41) is 6.23. The molecule has 0 radical (unpaired) electrons. The second kappa shape index (κ2) is 6.84. The lowest BCUT2D eigenvalue weighted by Gasteiger charge is -2.29. The third-order valence-corrected chi connectivity index (χ3v) is 4.11. The van der Waals surface area contributed by atoms with Crippen molar-refractivity contribution >= 4 is 5.91 Å². The van der Waals surface area contributed by atoms with Gasteiger partial charge in [0.1, 0.15) is 5.82 Å². The maximum atomic E-state index is 13.2. The standard InChI is InChI=1S/C16H23FN2O/c1-3-12-7-8-18-15(9-12)16(20)19-11(2)13-5-4-6-14(17)10-13/h4-6,10-12,15,18H,3,7-9H2,1-2H3,(H,19,20)/t11-,12?,15?/m0/s1. The van der Waals surface area contributed by atoms with Gasteiger partial charge in [-0.3, -0.25) is 4.79 Å². The molecule has 2 N–H and O–H groups in total. The fraction of sp³-hybridized carbons (Fsp3) is 0.562. The number of carbonyl (C=O) groups excluding carboxylic acids is 1. The number of rotatable bonds is 4. The largest absolute Gasteiger partial charge is 0.348 e. The molecule has 1 aliphatic rings. The maximum Gasteiger partial charge on any atom is 0.237 e. The molecule has 3 atom stereocenters. The molecule has 20 heavy (non-hydrogen) atoms. The number of hydrogen-bond donors (Lipinski definition) is 2. The van der Waals surface area contributed by atoms with Gasteiger partial charge in [-0.25, -0.2) is 4.39 Å². The van der Waals surface area contributed by atoms with Crippen LogP contribution in [-0.4, -0.2) is 18.5 Å². The number of benzene rings is 1. The molecule has 4 heteroatoms. The van der Waals surface area contributed by atoms with E-state index in [1.807, 2.05) is 13.0 Å². The summed E-state index contributed by atoms with van der Waals surface area (Å²) in [4.78, 5) is 12.3. The molecule has 0 aliphatic carbocycles. The average molecular weight is 278 g/mol. The molecule has 3 nitrogen and oxygen atoms in total. The van der Waals surface area contributed by atoms with Crippen LogP contribution in [0.4, 0.5) is 4.39 Å². The highest BCUT2D eigenvalue weighted by Crippen LogP contribution is 2.20. The first kappa shape index (κ1) is 15.0. The Morgan fingerprint density at radius 2 is 2.35 bits per heavy atom. The Hall–Kier alpha value is -1.42. The van der Waals surface area contributed by atoms with Gasteiger partial charge in [0.25, 0.3) is 0 Å². The van der Waals surface area contributed by atoms with E-state index in [9.17, 15) is 9.18 Å². The van der Waals surface area contributed by atoms with Gasteiger partial charge in [0, 0.05) is 0 Å². The summed E-state index contributed by atoms with van der Waals surface area (Å²) in [6.45, 7) is 4.94. The van der Waals surface area contributed by atoms with E-state index in [-0.39, 0.29) is 23.8 Å². The van der Waals surface area contributed by atoms with E-state index in [0.29, 0.717) is 5.92 Å². The highest BCUT2D eigenvalue weighted by Gasteiger charge is 2.26. The number of hydrogen-bond acceptors (Lipinski definition) is 2. The molecule has 2 unspecified atom stereocenters. The van der Waals surface area contributed by atoms with Crippen LogP contribution < -0.4 is 10.6 Å². The van der Waals surface area contributed by atoms with Crippen molar-refractivity contribution in [3.05, 3.63) is 35.6 Å². The molecule has 2 rings (SSSR count). The normalized spacial score (nSPS) is 24.1. The molecule has 0 aromatic heterocycles. The molecular weight excluding hydrogens is 255 g/mol. The number of carbonyl (C=O) groups is 1. The Kier molecular flexibility index (Phi) is 5.12. The summed E-state index contributed by atoms with van der Waals surface area (Å²) in [6, 6.07) is 6.07. The van der Waals surface area contributed by atoms with Crippen molar-refractivity contribution in [3.63, 3.8) is 0 Å². The zero-order chi connectivity index (χ0) is 14.5. The molecule has 0 spiro atoms. The minimum atomic E-state index is -0.273. The van der Waals surface area contributed by atoms with Gasteiger partial charge in [-0.05, 0) is 49.9 Å². The fourth-order valence-corrected chi connectivity index (χ4v) is 2.74. The van der Waals surface area contributed by atoms with Gasteiger partial charge in [-0.1, -0.05) is 25.5 Å². The minimum Gasteiger partial charge on any atom is -0.348 e. The van der Waals surface area contributed by atoms with E-state index >= 15 is 0 Å². The lowest BCUT2D eigenvalue weighted by Crippen LogP contribution is -2.49. The van der Waals surface area contributed by atoms with Crippen LogP contribution in [0, 0.1) is 11.7 Å². The zero-order valence-electron chi connectivity index (χ0n) is 12.2. The maximum absolute atomic E-state index is 13.2. The predicted molar refractivity (Wildman–Crippen MR) is 77.8 cm³/mol. The summed E-state index contributed by atoms with van der Waals surface area (Å²) in [6.07, 6.45) is 3.14. The summed E-state index contributed by atoms with van der Waals surface area (Å²) >= 11 is 0. The topological polar surface area (TPSA) is 41.1 Å². The van der Waals surface area contributed by atoms with Crippen molar-refractivity contribution in [1.29, 1.82) is 0 Å². The van der Waals surface area contributed by atoms with Crippen molar-refractivity contribution in [2.24, 2.45) is 5.92 Å². The summed E-state index contributed by atoms with van der Waals surface area (Å²) in [5.74, 6) is 0.363. The summed E-state index contributed by atoms with van der Waals surface area (Å²) in [7, 11) is 0. The van der Waals surface area contributed by atoms with Gasteiger partial charge in [0.2, 0.25) is 5.91 Å². The third-order valence-electron chi connectivity index (χ3n) is 4.11. The summed E-state index contributed by atoms with van der Waals surface area (Å²) < 4.78 is 13.2. The highest BCUT2D eigenvalue weighted by atomic mass is 19.1. The molecule has 1 aromatic carbocycles. The van der Waals surface area contributed by atoms with Gasteiger partial charge < -0.3 is 10.6 Å². The molecule has 1 aliphatic heterocycles. The van der Waals surface area contributed by atoms with Crippen LogP contribution in [0.3, 0.4) is 0 Å². The Labute approximate surface area is 120 Å². The van der Waals surface area contributed by atoms with Gasteiger partial charge >= 0.3 is 0 Å². The van der Waals surface area contributed by atoms with Crippen LogP contribution >= 0.6 is 0 Å². The number of nitrogens with one attached hydrogen (secondary N) is 2. The molecule has 1 heterocycles. The van der Waals surface area contributed by atoms with Gasteiger partial charge in [-0.15, -0.1) is 0 Å². The van der Waals surface area contributed by atoms with Crippen LogP contribution in [0.2, 0.25) is 0 Å². The number of piperidine rings is 1. The lowest BCUT2D eigenvalue weighted by molar-refractivity contribution is -0.124. The molecule has 1 aromatic rings. The average Bonchev–Trinajstić information content (AvgIpc) is 2.47. The van der Waals surface area contributed by atoms with Crippen LogP contribution in [-0.2, 0) is 4.79 Å². The van der Waals surface area contributed by atoms with E-state index in [2.05, 4.69) is 17.6 Å². The SMILES string of the molecule is CCC1CCNC(C(=O)N[C@@H](C)c2cccc(F)c2)C1. The van der Waals surface area contributed by atoms with Crippen LogP contribution in [0.5, 0.6) is 0 Å². The molecule has 1 saturated heterocycles. The van der Waals surface area contributed by atoms with Crippen molar-refractivity contribution in [3.8, 4) is 0 Å². The Balaban J connectivity index is 1.93. The highest BCUT2D eigenvalue weighted by molar-refractivity contribution is 5.82. The van der Waals surface area contributed by atoms with E-state index in [1.165, 1.54) is 12.1 Å².